The lowest BCUT2D eigenvalue weighted by atomic mass is 10.3. The van der Waals surface area contributed by atoms with E-state index in [1.165, 1.54) is 11.3 Å². The van der Waals surface area contributed by atoms with E-state index in [4.69, 9.17) is 5.73 Å². The van der Waals surface area contributed by atoms with Crippen LogP contribution in [-0.4, -0.2) is 15.0 Å². The fourth-order valence-electron chi connectivity index (χ4n) is 1.74. The fraction of sp³-hybridized carbons (Fsp3) is 0.167. The monoisotopic (exact) mass is 276 g/mol. The van der Waals surface area contributed by atoms with Gasteiger partial charge >= 0.3 is 0 Å². The molecule has 3 N–H and O–H groups in total. The van der Waals surface area contributed by atoms with E-state index < -0.39 is 0 Å². The Morgan fingerprint density at radius 2 is 2.17 bits per heavy atom. The highest BCUT2D eigenvalue weighted by Crippen LogP contribution is 2.32. The molecule has 2 heterocycles. The van der Waals surface area contributed by atoms with Crippen LogP contribution in [0.5, 0.6) is 0 Å². The Balaban J connectivity index is 1.78. The molecule has 0 unspecified atom stereocenters. The maximum absolute atomic E-state index is 5.68. The van der Waals surface area contributed by atoms with Crippen LogP contribution in [0, 0.1) is 6.92 Å². The fourth-order valence-corrected chi connectivity index (χ4v) is 3.64. The molecule has 3 aromatic rings. The number of thioether (sulfide) groups is 1. The van der Waals surface area contributed by atoms with Crippen LogP contribution >= 0.6 is 23.1 Å². The summed E-state index contributed by atoms with van der Waals surface area (Å²) in [5.74, 6) is 1.78. The Morgan fingerprint density at radius 3 is 2.89 bits per heavy atom. The van der Waals surface area contributed by atoms with Crippen molar-refractivity contribution in [2.24, 2.45) is 0 Å². The van der Waals surface area contributed by atoms with Crippen molar-refractivity contribution in [3.05, 3.63) is 35.8 Å². The van der Waals surface area contributed by atoms with Crippen molar-refractivity contribution in [1.82, 2.24) is 15.0 Å². The summed E-state index contributed by atoms with van der Waals surface area (Å²) in [6.07, 6.45) is 0. The Kier molecular flexibility index (Phi) is 2.97. The van der Waals surface area contributed by atoms with Crippen LogP contribution in [0.1, 0.15) is 11.5 Å². The number of H-pyrrole nitrogens is 1. The Labute approximate surface area is 113 Å². The summed E-state index contributed by atoms with van der Waals surface area (Å²) < 4.78 is 1.16. The zero-order valence-electron chi connectivity index (χ0n) is 9.80. The average Bonchev–Trinajstić information content (AvgIpc) is 2.89. The number of aryl methyl sites for hydroxylation is 1. The number of thiazole rings is 1. The van der Waals surface area contributed by atoms with Crippen LogP contribution < -0.4 is 5.73 Å². The molecular weight excluding hydrogens is 264 g/mol. The number of benzene rings is 1. The van der Waals surface area contributed by atoms with Crippen molar-refractivity contribution in [1.29, 1.82) is 0 Å². The van der Waals surface area contributed by atoms with Crippen LogP contribution in [0.4, 0.5) is 5.13 Å². The minimum absolute atomic E-state index is 0.625. The molecule has 0 spiro atoms. The molecule has 3 rings (SSSR count). The molecule has 0 saturated carbocycles. The van der Waals surface area contributed by atoms with E-state index in [0.29, 0.717) is 5.13 Å². The molecule has 0 aliphatic carbocycles. The van der Waals surface area contributed by atoms with Crippen LogP contribution in [0.25, 0.3) is 11.0 Å². The lowest BCUT2D eigenvalue weighted by Gasteiger charge is -1.95. The first-order valence-electron chi connectivity index (χ1n) is 5.52. The van der Waals surface area contributed by atoms with Gasteiger partial charge in [-0.2, -0.15) is 0 Å². The molecule has 0 radical (unpaired) electrons. The third-order valence-electron chi connectivity index (χ3n) is 2.55. The van der Waals surface area contributed by atoms with Gasteiger partial charge in [0.15, 0.2) is 5.13 Å². The third-order valence-corrected chi connectivity index (χ3v) is 4.91. The third kappa shape index (κ3) is 2.21. The highest BCUT2D eigenvalue weighted by Gasteiger charge is 2.08. The lowest BCUT2D eigenvalue weighted by molar-refractivity contribution is 1.14. The van der Waals surface area contributed by atoms with Gasteiger partial charge in [-0.05, 0) is 19.1 Å². The largest absolute Gasteiger partial charge is 0.375 e. The average molecular weight is 276 g/mol. The van der Waals surface area contributed by atoms with Gasteiger partial charge in [-0.25, -0.2) is 9.97 Å². The number of aromatic nitrogens is 3. The molecule has 6 heteroatoms. The number of aromatic amines is 1. The van der Waals surface area contributed by atoms with Crippen molar-refractivity contribution in [3.63, 3.8) is 0 Å². The normalized spacial score (nSPS) is 11.2. The summed E-state index contributed by atoms with van der Waals surface area (Å²) in [5, 5.41) is 0.625. The van der Waals surface area contributed by atoms with Gasteiger partial charge in [-0.3, -0.25) is 0 Å². The Morgan fingerprint density at radius 1 is 1.33 bits per heavy atom. The van der Waals surface area contributed by atoms with Crippen LogP contribution in [0.15, 0.2) is 28.5 Å². The van der Waals surface area contributed by atoms with Gasteiger partial charge in [-0.1, -0.05) is 23.5 Å². The topological polar surface area (TPSA) is 67.6 Å². The van der Waals surface area contributed by atoms with Crippen molar-refractivity contribution in [2.75, 3.05) is 5.73 Å². The van der Waals surface area contributed by atoms with Gasteiger partial charge in [-0.15, -0.1) is 11.8 Å². The SMILES string of the molecule is Cc1nc(N)sc1SCc1nc2ccccc2[nH]1. The lowest BCUT2D eigenvalue weighted by Crippen LogP contribution is -1.83. The molecule has 0 bridgehead atoms. The number of hydrogen-bond donors (Lipinski definition) is 2. The van der Waals surface area contributed by atoms with Crippen molar-refractivity contribution in [3.8, 4) is 0 Å². The number of anilines is 1. The van der Waals surface area contributed by atoms with Gasteiger partial charge in [0.25, 0.3) is 0 Å². The molecule has 0 fully saturated rings. The molecule has 0 saturated heterocycles. The van der Waals surface area contributed by atoms with Crippen LogP contribution in [-0.2, 0) is 5.75 Å². The molecule has 0 atom stereocenters. The maximum Gasteiger partial charge on any atom is 0.181 e. The highest BCUT2D eigenvalue weighted by atomic mass is 32.2. The molecule has 92 valence electrons. The predicted octanol–water partition coefficient (Wildman–Crippen LogP) is 3.20. The Bertz CT molecular complexity index is 653. The van der Waals surface area contributed by atoms with E-state index in [0.717, 1.165) is 32.5 Å². The number of rotatable bonds is 3. The van der Waals surface area contributed by atoms with Gasteiger partial charge < -0.3 is 10.7 Å². The molecule has 2 aromatic heterocycles. The number of nitrogens with two attached hydrogens (primary N) is 1. The summed E-state index contributed by atoms with van der Waals surface area (Å²) in [4.78, 5) is 12.1. The van der Waals surface area contributed by atoms with E-state index in [1.54, 1.807) is 11.8 Å². The van der Waals surface area contributed by atoms with Crippen molar-refractivity contribution >= 4 is 39.3 Å². The standard InChI is InChI=1S/C12H12N4S2/c1-7-11(18-12(13)14-7)17-6-10-15-8-4-2-3-5-9(8)16-10/h2-5H,6H2,1H3,(H2,13,14)(H,15,16). The smallest absolute Gasteiger partial charge is 0.181 e. The first-order valence-corrected chi connectivity index (χ1v) is 7.32. The molecule has 18 heavy (non-hydrogen) atoms. The number of imidazole rings is 1. The maximum atomic E-state index is 5.68. The first kappa shape index (κ1) is 11.6. The molecule has 0 aliphatic rings. The number of nitrogens with one attached hydrogen (secondary N) is 1. The molecule has 1 aromatic carbocycles. The van der Waals surface area contributed by atoms with Gasteiger partial charge in [0, 0.05) is 0 Å². The number of nitrogen functional groups attached to an aromatic ring is 1. The minimum atomic E-state index is 0.625. The Hall–Kier alpha value is -1.53. The molecule has 0 aliphatic heterocycles. The zero-order valence-corrected chi connectivity index (χ0v) is 11.4. The van der Waals surface area contributed by atoms with E-state index in [2.05, 4.69) is 15.0 Å². The van der Waals surface area contributed by atoms with Gasteiger partial charge in [0.05, 0.1) is 26.7 Å². The molecule has 4 nitrogen and oxygen atoms in total. The van der Waals surface area contributed by atoms with Crippen molar-refractivity contribution < 1.29 is 0 Å². The highest BCUT2D eigenvalue weighted by molar-refractivity contribution is 8.00. The van der Waals surface area contributed by atoms with Gasteiger partial charge in [0.1, 0.15) is 5.82 Å². The summed E-state index contributed by atoms with van der Waals surface area (Å²) in [5.41, 5.74) is 8.76. The summed E-state index contributed by atoms with van der Waals surface area (Å²) in [6, 6.07) is 8.04. The van der Waals surface area contributed by atoms with Crippen LogP contribution in [0.2, 0.25) is 0 Å². The first-order chi connectivity index (χ1) is 8.72. The summed E-state index contributed by atoms with van der Waals surface area (Å²) in [6.45, 7) is 1.98. The molecular formula is C12H12N4S2. The quantitative estimate of drug-likeness (QED) is 0.721. The second-order valence-electron chi connectivity index (χ2n) is 3.91. The second-order valence-corrected chi connectivity index (χ2v) is 6.19. The van der Waals surface area contributed by atoms with Gasteiger partial charge in [0.2, 0.25) is 0 Å². The van der Waals surface area contributed by atoms with Crippen LogP contribution in [0.3, 0.4) is 0 Å². The summed E-state index contributed by atoms with van der Waals surface area (Å²) >= 11 is 3.25. The number of hydrogen-bond acceptors (Lipinski definition) is 5. The number of nitrogens with zero attached hydrogens (tertiary/aromatic N) is 2. The van der Waals surface area contributed by atoms with E-state index in [9.17, 15) is 0 Å². The second kappa shape index (κ2) is 4.62. The minimum Gasteiger partial charge on any atom is -0.375 e. The number of para-hydroxylation sites is 2. The zero-order chi connectivity index (χ0) is 12.5. The van der Waals surface area contributed by atoms with E-state index >= 15 is 0 Å². The van der Waals surface area contributed by atoms with E-state index in [-0.39, 0.29) is 0 Å². The summed E-state index contributed by atoms with van der Waals surface area (Å²) in [7, 11) is 0. The van der Waals surface area contributed by atoms with E-state index in [1.807, 2.05) is 31.2 Å². The molecule has 0 amide bonds. The number of fused-ring (bicyclic) bond motifs is 1. The predicted molar refractivity (Wildman–Crippen MR) is 76.9 cm³/mol. The van der Waals surface area contributed by atoms with Crippen molar-refractivity contribution in [2.45, 2.75) is 16.9 Å².